The first kappa shape index (κ1) is 16.4. The Hall–Kier alpha value is -0.570. The second-order valence-electron chi connectivity index (χ2n) is 5.32. The lowest BCUT2D eigenvalue weighted by atomic mass is 9.75. The van der Waals surface area contributed by atoms with E-state index in [-0.39, 0.29) is 12.1 Å². The van der Waals surface area contributed by atoms with Gasteiger partial charge in [-0.15, -0.1) is 0 Å². The SMILES string of the molecule is CC1CCC(C(C)C)C(O)C1.CCOC(C)=O. The third kappa shape index (κ3) is 7.37. The lowest BCUT2D eigenvalue weighted by Crippen LogP contribution is -2.31. The molecule has 3 nitrogen and oxygen atoms in total. The van der Waals surface area contributed by atoms with E-state index in [1.807, 2.05) is 0 Å². The first-order valence-corrected chi connectivity index (χ1v) is 6.69. The molecule has 0 spiro atoms. The minimum absolute atomic E-state index is 0.0289. The van der Waals surface area contributed by atoms with Crippen LogP contribution in [0, 0.1) is 17.8 Å². The number of rotatable bonds is 2. The molecule has 102 valence electrons. The topological polar surface area (TPSA) is 46.5 Å². The molecule has 0 aromatic rings. The molecule has 1 aliphatic carbocycles. The van der Waals surface area contributed by atoms with Crippen LogP contribution < -0.4 is 0 Å². The molecule has 0 heterocycles. The fraction of sp³-hybridized carbons (Fsp3) is 0.929. The molecule has 17 heavy (non-hydrogen) atoms. The number of carbonyl (C=O) groups is 1. The lowest BCUT2D eigenvalue weighted by molar-refractivity contribution is -0.140. The number of esters is 1. The Kier molecular flexibility index (Phi) is 8.23. The van der Waals surface area contributed by atoms with Gasteiger partial charge in [0, 0.05) is 6.92 Å². The molecule has 3 atom stereocenters. The molecular weight excluding hydrogens is 216 g/mol. The average molecular weight is 244 g/mol. The summed E-state index contributed by atoms with van der Waals surface area (Å²) in [6, 6.07) is 0. The molecule has 0 radical (unpaired) electrons. The van der Waals surface area contributed by atoms with Crippen LogP contribution in [0.2, 0.25) is 0 Å². The van der Waals surface area contributed by atoms with Crippen LogP contribution in [0.4, 0.5) is 0 Å². The van der Waals surface area contributed by atoms with E-state index in [2.05, 4.69) is 25.5 Å². The Labute approximate surface area is 106 Å². The molecule has 1 N–H and O–H groups in total. The Balaban J connectivity index is 0.000000366. The zero-order valence-electron chi connectivity index (χ0n) is 11.9. The van der Waals surface area contributed by atoms with Gasteiger partial charge in [0.15, 0.2) is 0 Å². The third-order valence-electron chi connectivity index (χ3n) is 3.33. The molecule has 1 rings (SSSR count). The maximum Gasteiger partial charge on any atom is 0.302 e. The molecule has 3 heteroatoms. The van der Waals surface area contributed by atoms with Crippen molar-refractivity contribution in [3.8, 4) is 0 Å². The van der Waals surface area contributed by atoms with Gasteiger partial charge < -0.3 is 9.84 Å². The normalized spacial score (nSPS) is 28.3. The molecule has 0 amide bonds. The van der Waals surface area contributed by atoms with Gasteiger partial charge in [-0.2, -0.15) is 0 Å². The fourth-order valence-electron chi connectivity index (χ4n) is 2.36. The van der Waals surface area contributed by atoms with Crippen molar-refractivity contribution in [1.82, 2.24) is 0 Å². The van der Waals surface area contributed by atoms with Crippen molar-refractivity contribution in [1.29, 1.82) is 0 Å². The Bertz CT molecular complexity index is 214. The summed E-state index contributed by atoms with van der Waals surface area (Å²) in [5.41, 5.74) is 0. The van der Waals surface area contributed by atoms with Gasteiger partial charge in [0.25, 0.3) is 0 Å². The molecule has 0 saturated heterocycles. The summed E-state index contributed by atoms with van der Waals surface area (Å²) in [5.74, 6) is 1.74. The molecule has 3 unspecified atom stereocenters. The summed E-state index contributed by atoms with van der Waals surface area (Å²) in [7, 11) is 0. The monoisotopic (exact) mass is 244 g/mol. The van der Waals surface area contributed by atoms with E-state index < -0.39 is 0 Å². The van der Waals surface area contributed by atoms with Crippen LogP contribution in [-0.4, -0.2) is 23.8 Å². The number of carbonyl (C=O) groups excluding carboxylic acids is 1. The Morgan fingerprint density at radius 1 is 1.41 bits per heavy atom. The number of aliphatic hydroxyl groups is 1. The summed E-state index contributed by atoms with van der Waals surface area (Å²) in [6.07, 6.45) is 3.52. The van der Waals surface area contributed by atoms with Crippen molar-refractivity contribution in [3.05, 3.63) is 0 Å². The predicted molar refractivity (Wildman–Crippen MR) is 69.7 cm³/mol. The van der Waals surface area contributed by atoms with Crippen molar-refractivity contribution in [2.45, 2.75) is 60.0 Å². The molecule has 0 aromatic heterocycles. The minimum atomic E-state index is -0.211. The average Bonchev–Trinajstić information content (AvgIpc) is 2.17. The molecule has 0 aromatic carbocycles. The van der Waals surface area contributed by atoms with E-state index in [9.17, 15) is 9.90 Å². The van der Waals surface area contributed by atoms with Gasteiger partial charge in [0.2, 0.25) is 0 Å². The standard InChI is InChI=1S/C10H20O.C4H8O2/c1-7(2)9-5-4-8(3)6-10(9)11;1-3-6-4(2)5/h7-11H,4-6H2,1-3H3;3H2,1-2H3. The number of hydrogen-bond donors (Lipinski definition) is 1. The van der Waals surface area contributed by atoms with Gasteiger partial charge in [-0.05, 0) is 37.5 Å². The van der Waals surface area contributed by atoms with Gasteiger partial charge in [-0.25, -0.2) is 0 Å². The highest BCUT2D eigenvalue weighted by molar-refractivity contribution is 5.65. The lowest BCUT2D eigenvalue weighted by Gasteiger charge is -2.33. The van der Waals surface area contributed by atoms with Crippen LogP contribution in [0.3, 0.4) is 0 Å². The zero-order chi connectivity index (χ0) is 13.4. The van der Waals surface area contributed by atoms with E-state index in [1.54, 1.807) is 6.92 Å². The van der Waals surface area contributed by atoms with E-state index >= 15 is 0 Å². The van der Waals surface area contributed by atoms with Crippen molar-refractivity contribution in [2.24, 2.45) is 17.8 Å². The van der Waals surface area contributed by atoms with Gasteiger partial charge in [0.1, 0.15) is 0 Å². The third-order valence-corrected chi connectivity index (χ3v) is 3.33. The highest BCUT2D eigenvalue weighted by atomic mass is 16.5. The summed E-state index contributed by atoms with van der Waals surface area (Å²) >= 11 is 0. The first-order chi connectivity index (χ1) is 7.88. The van der Waals surface area contributed by atoms with Crippen LogP contribution in [0.1, 0.15) is 53.9 Å². The molecule has 1 saturated carbocycles. The van der Waals surface area contributed by atoms with Gasteiger partial charge in [-0.3, -0.25) is 4.79 Å². The van der Waals surface area contributed by atoms with Crippen LogP contribution in [0.25, 0.3) is 0 Å². The van der Waals surface area contributed by atoms with Crippen molar-refractivity contribution < 1.29 is 14.6 Å². The highest BCUT2D eigenvalue weighted by Gasteiger charge is 2.28. The van der Waals surface area contributed by atoms with Crippen molar-refractivity contribution in [3.63, 3.8) is 0 Å². The van der Waals surface area contributed by atoms with Crippen molar-refractivity contribution >= 4 is 5.97 Å². The summed E-state index contributed by atoms with van der Waals surface area (Å²) in [5, 5.41) is 9.71. The van der Waals surface area contributed by atoms with Crippen LogP contribution in [-0.2, 0) is 9.53 Å². The van der Waals surface area contributed by atoms with Crippen LogP contribution in [0.15, 0.2) is 0 Å². The largest absolute Gasteiger partial charge is 0.466 e. The van der Waals surface area contributed by atoms with Gasteiger partial charge in [0.05, 0.1) is 12.7 Å². The smallest absolute Gasteiger partial charge is 0.302 e. The van der Waals surface area contributed by atoms with Gasteiger partial charge in [-0.1, -0.05) is 27.2 Å². The number of aliphatic hydroxyl groups excluding tert-OH is 1. The Morgan fingerprint density at radius 3 is 2.29 bits per heavy atom. The summed E-state index contributed by atoms with van der Waals surface area (Å²) < 4.78 is 4.40. The summed E-state index contributed by atoms with van der Waals surface area (Å²) in [4.78, 5) is 9.82. The van der Waals surface area contributed by atoms with E-state index in [0.717, 1.165) is 12.3 Å². The molecule has 1 aliphatic rings. The van der Waals surface area contributed by atoms with E-state index in [0.29, 0.717) is 18.4 Å². The summed E-state index contributed by atoms with van der Waals surface area (Å²) in [6.45, 7) is 10.3. The van der Waals surface area contributed by atoms with Crippen molar-refractivity contribution in [2.75, 3.05) is 6.61 Å². The molecule has 0 aliphatic heterocycles. The highest BCUT2D eigenvalue weighted by Crippen LogP contribution is 2.33. The second kappa shape index (κ2) is 8.51. The quantitative estimate of drug-likeness (QED) is 0.760. The predicted octanol–water partition coefficient (Wildman–Crippen LogP) is 3.01. The maximum atomic E-state index is 9.82. The molecule has 1 fully saturated rings. The minimum Gasteiger partial charge on any atom is -0.466 e. The van der Waals surface area contributed by atoms with E-state index in [4.69, 9.17) is 0 Å². The molecule has 0 bridgehead atoms. The fourth-order valence-corrected chi connectivity index (χ4v) is 2.36. The Morgan fingerprint density at radius 2 is 2.00 bits per heavy atom. The second-order valence-corrected chi connectivity index (χ2v) is 5.32. The first-order valence-electron chi connectivity index (χ1n) is 6.69. The zero-order valence-corrected chi connectivity index (χ0v) is 11.9. The number of ether oxygens (including phenoxy) is 1. The van der Waals surface area contributed by atoms with E-state index in [1.165, 1.54) is 19.8 Å². The van der Waals surface area contributed by atoms with Crippen LogP contribution >= 0.6 is 0 Å². The van der Waals surface area contributed by atoms with Gasteiger partial charge >= 0.3 is 5.97 Å². The van der Waals surface area contributed by atoms with Crippen LogP contribution in [0.5, 0.6) is 0 Å². The maximum absolute atomic E-state index is 9.82. The number of hydrogen-bond acceptors (Lipinski definition) is 3. The molecular formula is C14H28O3.